The monoisotopic (exact) mass is 339 g/mol. The molecule has 2 aromatic rings. The molecule has 3 rings (SSSR count). The van der Waals surface area contributed by atoms with E-state index < -0.39 is 6.10 Å². The quantitative estimate of drug-likeness (QED) is 0.727. The normalized spacial score (nSPS) is 18.8. The maximum atomic E-state index is 12.1. The van der Waals surface area contributed by atoms with E-state index in [1.807, 2.05) is 42.5 Å². The van der Waals surface area contributed by atoms with Gasteiger partial charge in [0.15, 0.2) is 0 Å². The van der Waals surface area contributed by atoms with Gasteiger partial charge in [0.25, 0.3) is 0 Å². The van der Waals surface area contributed by atoms with Crippen molar-refractivity contribution in [1.29, 1.82) is 0 Å². The van der Waals surface area contributed by atoms with Crippen molar-refractivity contribution in [2.75, 3.05) is 13.2 Å². The number of fused-ring (bicyclic) bond motifs is 1. The van der Waals surface area contributed by atoms with E-state index >= 15 is 0 Å². The summed E-state index contributed by atoms with van der Waals surface area (Å²) in [5, 5.41) is 13.1. The zero-order valence-corrected chi connectivity index (χ0v) is 14.4. The molecule has 1 aliphatic carbocycles. The Morgan fingerprint density at radius 2 is 1.84 bits per heavy atom. The van der Waals surface area contributed by atoms with E-state index in [1.54, 1.807) is 0 Å². The second-order valence-corrected chi connectivity index (χ2v) is 6.47. The van der Waals surface area contributed by atoms with Crippen LogP contribution in [0.3, 0.4) is 0 Å². The highest BCUT2D eigenvalue weighted by molar-refractivity contribution is 5.76. The number of rotatable bonds is 8. The van der Waals surface area contributed by atoms with Crippen LogP contribution in [0.1, 0.15) is 35.6 Å². The molecule has 0 aromatic heterocycles. The summed E-state index contributed by atoms with van der Waals surface area (Å²) < 4.78 is 5.61. The Balaban J connectivity index is 1.33. The summed E-state index contributed by atoms with van der Waals surface area (Å²) in [4.78, 5) is 12.1. The fourth-order valence-corrected chi connectivity index (χ4v) is 3.27. The highest BCUT2D eigenvalue weighted by Gasteiger charge is 2.31. The second kappa shape index (κ2) is 8.79. The molecule has 1 aliphatic rings. The van der Waals surface area contributed by atoms with Crippen LogP contribution < -0.4 is 5.32 Å². The van der Waals surface area contributed by atoms with E-state index in [1.165, 1.54) is 5.56 Å². The molecule has 0 saturated heterocycles. The minimum absolute atomic E-state index is 0.0348. The summed E-state index contributed by atoms with van der Waals surface area (Å²) in [5.41, 5.74) is 3.40. The lowest BCUT2D eigenvalue weighted by Crippen LogP contribution is -2.33. The molecular formula is C21H25NO3. The Hall–Kier alpha value is -2.17. The lowest BCUT2D eigenvalue weighted by molar-refractivity contribution is -0.123. The Labute approximate surface area is 148 Å². The number of hydrogen-bond donors (Lipinski definition) is 2. The maximum absolute atomic E-state index is 12.1. The minimum atomic E-state index is -0.538. The van der Waals surface area contributed by atoms with Gasteiger partial charge in [0, 0.05) is 19.4 Å². The van der Waals surface area contributed by atoms with Gasteiger partial charge in [-0.1, -0.05) is 54.6 Å². The van der Waals surface area contributed by atoms with Gasteiger partial charge < -0.3 is 15.2 Å². The van der Waals surface area contributed by atoms with Crippen molar-refractivity contribution < 1.29 is 14.6 Å². The van der Waals surface area contributed by atoms with Crippen LogP contribution in [0.4, 0.5) is 0 Å². The van der Waals surface area contributed by atoms with E-state index in [2.05, 4.69) is 17.4 Å². The Kier molecular flexibility index (Phi) is 6.20. The summed E-state index contributed by atoms with van der Waals surface area (Å²) >= 11 is 0. The van der Waals surface area contributed by atoms with Crippen LogP contribution in [0.25, 0.3) is 0 Å². The molecule has 4 heteroatoms. The van der Waals surface area contributed by atoms with E-state index in [-0.39, 0.29) is 11.9 Å². The molecule has 25 heavy (non-hydrogen) atoms. The third kappa shape index (κ3) is 4.91. The zero-order chi connectivity index (χ0) is 17.5. The van der Waals surface area contributed by atoms with Gasteiger partial charge in [-0.3, -0.25) is 4.79 Å². The third-order valence-electron chi connectivity index (χ3n) is 4.59. The van der Waals surface area contributed by atoms with Gasteiger partial charge in [-0.2, -0.15) is 0 Å². The van der Waals surface area contributed by atoms with Crippen LogP contribution in [0.5, 0.6) is 0 Å². The number of nitrogens with one attached hydrogen (secondary N) is 1. The predicted octanol–water partition coefficient (Wildman–Crippen LogP) is 2.80. The Bertz CT molecular complexity index is 687. The van der Waals surface area contributed by atoms with Gasteiger partial charge in [0.2, 0.25) is 5.91 Å². The van der Waals surface area contributed by atoms with Gasteiger partial charge in [0.05, 0.1) is 18.8 Å². The molecule has 0 bridgehead atoms. The topological polar surface area (TPSA) is 58.6 Å². The van der Waals surface area contributed by atoms with Crippen molar-refractivity contribution in [3.8, 4) is 0 Å². The average Bonchev–Trinajstić information content (AvgIpc) is 2.94. The lowest BCUT2D eigenvalue weighted by atomic mass is 10.1. The van der Waals surface area contributed by atoms with E-state index in [0.717, 1.165) is 17.5 Å². The third-order valence-corrected chi connectivity index (χ3v) is 4.59. The maximum Gasteiger partial charge on any atom is 0.220 e. The Morgan fingerprint density at radius 1 is 1.08 bits per heavy atom. The van der Waals surface area contributed by atoms with Gasteiger partial charge in [-0.15, -0.1) is 0 Å². The molecule has 2 atom stereocenters. The first kappa shape index (κ1) is 17.6. The van der Waals surface area contributed by atoms with Crippen molar-refractivity contribution in [2.24, 2.45) is 0 Å². The number of hydrogen-bond acceptors (Lipinski definition) is 3. The number of amides is 1. The molecular weight excluding hydrogens is 314 g/mol. The lowest BCUT2D eigenvalue weighted by Gasteiger charge is -2.18. The highest BCUT2D eigenvalue weighted by Crippen LogP contribution is 2.31. The summed E-state index contributed by atoms with van der Waals surface area (Å²) in [7, 11) is 0. The first-order valence-corrected chi connectivity index (χ1v) is 8.91. The molecule has 0 aliphatic heterocycles. The summed E-state index contributed by atoms with van der Waals surface area (Å²) in [5.74, 6) is -0.0348. The number of carbonyl (C=O) groups excluding carboxylic acids is 1. The Morgan fingerprint density at radius 3 is 2.68 bits per heavy atom. The van der Waals surface area contributed by atoms with E-state index in [9.17, 15) is 9.90 Å². The van der Waals surface area contributed by atoms with Gasteiger partial charge in [0.1, 0.15) is 0 Å². The molecule has 2 aromatic carbocycles. The van der Waals surface area contributed by atoms with Crippen molar-refractivity contribution >= 4 is 5.91 Å². The first-order valence-electron chi connectivity index (χ1n) is 8.91. The molecule has 4 nitrogen and oxygen atoms in total. The van der Waals surface area contributed by atoms with Gasteiger partial charge >= 0.3 is 0 Å². The molecule has 0 fully saturated rings. The smallest absolute Gasteiger partial charge is 0.220 e. The van der Waals surface area contributed by atoms with Crippen molar-refractivity contribution in [3.05, 3.63) is 71.3 Å². The average molecular weight is 339 g/mol. The van der Waals surface area contributed by atoms with Gasteiger partial charge in [-0.05, 0) is 29.5 Å². The van der Waals surface area contributed by atoms with Crippen LogP contribution in [-0.4, -0.2) is 30.3 Å². The molecule has 2 unspecified atom stereocenters. The molecule has 0 saturated carbocycles. The van der Waals surface area contributed by atoms with Crippen LogP contribution in [-0.2, 0) is 22.4 Å². The van der Waals surface area contributed by atoms with E-state index in [0.29, 0.717) is 32.5 Å². The summed E-state index contributed by atoms with van der Waals surface area (Å²) in [6, 6.07) is 17.8. The zero-order valence-electron chi connectivity index (χ0n) is 14.4. The minimum Gasteiger partial charge on any atom is -0.390 e. The second-order valence-electron chi connectivity index (χ2n) is 6.47. The van der Waals surface area contributed by atoms with Crippen molar-refractivity contribution in [1.82, 2.24) is 5.32 Å². The summed E-state index contributed by atoms with van der Waals surface area (Å²) in [6.45, 7) is 1.24. The molecule has 0 radical (unpaired) electrons. The molecule has 1 amide bonds. The van der Waals surface area contributed by atoms with Crippen LogP contribution in [0.2, 0.25) is 0 Å². The number of benzene rings is 2. The van der Waals surface area contributed by atoms with Gasteiger partial charge in [-0.25, -0.2) is 0 Å². The SMILES string of the molecule is O=C(CCCOCCc1ccccc1)NC1c2ccccc2CC1O. The fourth-order valence-electron chi connectivity index (χ4n) is 3.27. The number of carbonyl (C=O) groups is 1. The van der Waals surface area contributed by atoms with E-state index in [4.69, 9.17) is 4.74 Å². The molecule has 132 valence electrons. The first-order chi connectivity index (χ1) is 12.2. The largest absolute Gasteiger partial charge is 0.390 e. The van der Waals surface area contributed by atoms with Crippen LogP contribution in [0, 0.1) is 0 Å². The highest BCUT2D eigenvalue weighted by atomic mass is 16.5. The molecule has 0 heterocycles. The molecule has 2 N–H and O–H groups in total. The van der Waals surface area contributed by atoms with Crippen LogP contribution >= 0.6 is 0 Å². The number of ether oxygens (including phenoxy) is 1. The van der Waals surface area contributed by atoms with Crippen LogP contribution in [0.15, 0.2) is 54.6 Å². The molecule has 0 spiro atoms. The van der Waals surface area contributed by atoms with Crippen molar-refractivity contribution in [2.45, 2.75) is 37.8 Å². The van der Waals surface area contributed by atoms with Crippen molar-refractivity contribution in [3.63, 3.8) is 0 Å². The number of aliphatic hydroxyl groups excluding tert-OH is 1. The summed E-state index contributed by atoms with van der Waals surface area (Å²) in [6.07, 6.45) is 2.05. The predicted molar refractivity (Wildman–Crippen MR) is 97.2 cm³/mol. The number of aliphatic hydroxyl groups is 1. The fraction of sp³-hybridized carbons (Fsp3) is 0.381. The standard InChI is InChI=1S/C21H25NO3/c23-19-15-17-9-4-5-10-18(17)21(19)22-20(24)11-6-13-25-14-12-16-7-2-1-3-8-16/h1-5,7-10,19,21,23H,6,11-15H2,(H,22,24).